The molecule has 0 unspecified atom stereocenters. The number of aromatic nitrogens is 3. The van der Waals surface area contributed by atoms with Gasteiger partial charge < -0.3 is 10.3 Å². The Balaban J connectivity index is 2.21. The fourth-order valence-electron chi connectivity index (χ4n) is 1.22. The molecule has 0 atom stereocenters. The Morgan fingerprint density at radius 1 is 1.50 bits per heavy atom. The van der Waals surface area contributed by atoms with E-state index >= 15 is 0 Å². The third-order valence-electron chi connectivity index (χ3n) is 1.97. The van der Waals surface area contributed by atoms with Crippen molar-refractivity contribution < 1.29 is 0 Å². The van der Waals surface area contributed by atoms with Crippen LogP contribution in [-0.4, -0.2) is 21.5 Å². The van der Waals surface area contributed by atoms with E-state index in [1.54, 1.807) is 12.3 Å². The van der Waals surface area contributed by atoms with Crippen LogP contribution in [0.15, 0.2) is 23.3 Å². The van der Waals surface area contributed by atoms with E-state index < -0.39 is 0 Å². The molecule has 0 spiro atoms. The first kappa shape index (κ1) is 10.8. The quantitative estimate of drug-likeness (QED) is 0.848. The van der Waals surface area contributed by atoms with Crippen molar-refractivity contribution in [3.8, 4) is 10.6 Å². The molecule has 0 fully saturated rings. The Morgan fingerprint density at radius 3 is 3.12 bits per heavy atom. The lowest BCUT2D eigenvalue weighted by Gasteiger charge is -1.97. The second-order valence-corrected chi connectivity index (χ2v) is 4.28. The van der Waals surface area contributed by atoms with E-state index in [0.717, 1.165) is 28.7 Å². The van der Waals surface area contributed by atoms with Gasteiger partial charge in [0.05, 0.1) is 10.6 Å². The van der Waals surface area contributed by atoms with Gasteiger partial charge in [-0.25, -0.2) is 14.8 Å². The molecule has 84 valence electrons. The van der Waals surface area contributed by atoms with E-state index in [-0.39, 0.29) is 5.69 Å². The molecule has 6 heteroatoms. The fourth-order valence-corrected chi connectivity index (χ4v) is 2.05. The van der Waals surface area contributed by atoms with Crippen LogP contribution in [0.25, 0.3) is 10.6 Å². The summed E-state index contributed by atoms with van der Waals surface area (Å²) in [5.74, 6) is 0. The third kappa shape index (κ3) is 2.46. The normalized spacial score (nSPS) is 10.3. The molecule has 0 saturated heterocycles. The Bertz CT molecular complexity index is 519. The SMILES string of the molecule is CCCNc1ncc(-c2ccnc(=O)[nH]2)s1. The first-order valence-corrected chi connectivity index (χ1v) is 5.86. The number of H-pyrrole nitrogens is 1. The lowest BCUT2D eigenvalue weighted by Crippen LogP contribution is -2.08. The molecular formula is C10H12N4OS. The molecule has 2 aromatic rings. The lowest BCUT2D eigenvalue weighted by atomic mass is 10.4. The van der Waals surface area contributed by atoms with Gasteiger partial charge in [-0.05, 0) is 12.5 Å². The second-order valence-electron chi connectivity index (χ2n) is 3.25. The molecule has 2 aromatic heterocycles. The number of aromatic amines is 1. The maximum absolute atomic E-state index is 11.0. The number of thiazole rings is 1. The van der Waals surface area contributed by atoms with Crippen molar-refractivity contribution in [1.29, 1.82) is 0 Å². The van der Waals surface area contributed by atoms with Gasteiger partial charge in [-0.15, -0.1) is 0 Å². The van der Waals surface area contributed by atoms with Crippen LogP contribution in [0.1, 0.15) is 13.3 Å². The van der Waals surface area contributed by atoms with E-state index in [9.17, 15) is 4.79 Å². The summed E-state index contributed by atoms with van der Waals surface area (Å²) in [5, 5.41) is 4.07. The van der Waals surface area contributed by atoms with Gasteiger partial charge in [-0.1, -0.05) is 18.3 Å². The summed E-state index contributed by atoms with van der Waals surface area (Å²) in [6.07, 6.45) is 4.29. The highest BCUT2D eigenvalue weighted by Gasteiger charge is 2.04. The molecule has 0 aliphatic carbocycles. The van der Waals surface area contributed by atoms with Gasteiger partial charge >= 0.3 is 5.69 Å². The van der Waals surface area contributed by atoms with Gasteiger partial charge in [-0.2, -0.15) is 0 Å². The first-order valence-electron chi connectivity index (χ1n) is 5.05. The van der Waals surface area contributed by atoms with Crippen molar-refractivity contribution in [3.63, 3.8) is 0 Å². The van der Waals surface area contributed by atoms with E-state index in [1.165, 1.54) is 17.5 Å². The summed E-state index contributed by atoms with van der Waals surface area (Å²) in [7, 11) is 0. The zero-order chi connectivity index (χ0) is 11.4. The lowest BCUT2D eigenvalue weighted by molar-refractivity contribution is 0.976. The van der Waals surface area contributed by atoms with Crippen LogP contribution >= 0.6 is 11.3 Å². The third-order valence-corrected chi connectivity index (χ3v) is 2.96. The van der Waals surface area contributed by atoms with E-state index in [4.69, 9.17) is 0 Å². The topological polar surface area (TPSA) is 70.7 Å². The Kier molecular flexibility index (Phi) is 3.31. The van der Waals surface area contributed by atoms with Crippen LogP contribution in [0.3, 0.4) is 0 Å². The maximum atomic E-state index is 11.0. The second kappa shape index (κ2) is 4.89. The molecule has 2 rings (SSSR count). The van der Waals surface area contributed by atoms with E-state index in [1.807, 2.05) is 0 Å². The molecular weight excluding hydrogens is 224 g/mol. The molecule has 0 aromatic carbocycles. The zero-order valence-electron chi connectivity index (χ0n) is 8.86. The largest absolute Gasteiger partial charge is 0.362 e. The zero-order valence-corrected chi connectivity index (χ0v) is 9.67. The highest BCUT2D eigenvalue weighted by atomic mass is 32.1. The molecule has 0 saturated carbocycles. The van der Waals surface area contributed by atoms with E-state index in [0.29, 0.717) is 0 Å². The van der Waals surface area contributed by atoms with Gasteiger partial charge in [-0.3, -0.25) is 0 Å². The summed E-state index contributed by atoms with van der Waals surface area (Å²) in [4.78, 5) is 22.4. The Morgan fingerprint density at radius 2 is 2.38 bits per heavy atom. The van der Waals surface area contributed by atoms with Crippen LogP contribution < -0.4 is 11.0 Å². The molecule has 0 aliphatic heterocycles. The monoisotopic (exact) mass is 236 g/mol. The average molecular weight is 236 g/mol. The van der Waals surface area contributed by atoms with Gasteiger partial charge in [0.2, 0.25) is 0 Å². The minimum atomic E-state index is -0.339. The molecule has 0 aliphatic rings. The van der Waals surface area contributed by atoms with Crippen molar-refractivity contribution in [3.05, 3.63) is 28.9 Å². The summed E-state index contributed by atoms with van der Waals surface area (Å²) in [5.41, 5.74) is 0.413. The molecule has 2 heterocycles. The predicted molar refractivity (Wildman–Crippen MR) is 64.7 cm³/mol. The van der Waals surface area contributed by atoms with E-state index in [2.05, 4.69) is 27.2 Å². The smallest absolute Gasteiger partial charge is 0.345 e. The van der Waals surface area contributed by atoms with Crippen molar-refractivity contribution in [2.75, 3.05) is 11.9 Å². The average Bonchev–Trinajstić information content (AvgIpc) is 2.75. The highest BCUT2D eigenvalue weighted by Crippen LogP contribution is 2.26. The molecule has 2 N–H and O–H groups in total. The van der Waals surface area contributed by atoms with Crippen molar-refractivity contribution in [2.24, 2.45) is 0 Å². The van der Waals surface area contributed by atoms with Gasteiger partial charge in [0.25, 0.3) is 0 Å². The van der Waals surface area contributed by atoms with Crippen molar-refractivity contribution in [1.82, 2.24) is 15.0 Å². The molecule has 0 amide bonds. The van der Waals surface area contributed by atoms with Crippen LogP contribution in [0, 0.1) is 0 Å². The number of nitrogens with one attached hydrogen (secondary N) is 2. The number of rotatable bonds is 4. The van der Waals surface area contributed by atoms with Crippen molar-refractivity contribution >= 4 is 16.5 Å². The summed E-state index contributed by atoms with van der Waals surface area (Å²) in [6, 6.07) is 1.76. The molecule has 16 heavy (non-hydrogen) atoms. The van der Waals surface area contributed by atoms with Gasteiger partial charge in [0, 0.05) is 18.9 Å². The molecule has 5 nitrogen and oxygen atoms in total. The van der Waals surface area contributed by atoms with Crippen LogP contribution in [0.5, 0.6) is 0 Å². The van der Waals surface area contributed by atoms with Gasteiger partial charge in [0.15, 0.2) is 5.13 Å². The summed E-state index contributed by atoms with van der Waals surface area (Å²) in [6.45, 7) is 3.00. The highest BCUT2D eigenvalue weighted by molar-refractivity contribution is 7.18. The minimum Gasteiger partial charge on any atom is -0.362 e. The fraction of sp³-hybridized carbons (Fsp3) is 0.300. The number of hydrogen-bond donors (Lipinski definition) is 2. The summed E-state index contributed by atoms with van der Waals surface area (Å²) < 4.78 is 0. The number of hydrogen-bond acceptors (Lipinski definition) is 5. The van der Waals surface area contributed by atoms with Crippen LogP contribution in [0.4, 0.5) is 5.13 Å². The first-order chi connectivity index (χ1) is 7.79. The Labute approximate surface area is 96.6 Å². The molecule has 0 bridgehead atoms. The predicted octanol–water partition coefficient (Wildman–Crippen LogP) is 1.72. The van der Waals surface area contributed by atoms with Crippen molar-refractivity contribution in [2.45, 2.75) is 13.3 Å². The molecule has 0 radical (unpaired) electrons. The standard InChI is InChI=1S/C10H12N4OS/c1-2-4-12-10-13-6-8(16-10)7-3-5-11-9(15)14-7/h3,5-6H,2,4H2,1H3,(H,12,13)(H,11,14,15). The van der Waals surface area contributed by atoms with Gasteiger partial charge in [0.1, 0.15) is 0 Å². The maximum Gasteiger partial charge on any atom is 0.345 e. The minimum absolute atomic E-state index is 0.339. The summed E-state index contributed by atoms with van der Waals surface area (Å²) >= 11 is 1.51. The van der Waals surface area contributed by atoms with Crippen LogP contribution in [0.2, 0.25) is 0 Å². The number of anilines is 1. The Hall–Kier alpha value is -1.69. The van der Waals surface area contributed by atoms with Crippen LogP contribution in [-0.2, 0) is 0 Å². The number of nitrogens with zero attached hydrogens (tertiary/aromatic N) is 2.